The molecule has 0 radical (unpaired) electrons. The molecule has 0 aromatic heterocycles. The first-order valence-electron chi connectivity index (χ1n) is 6.52. The number of rotatable bonds is 4. The highest BCUT2D eigenvalue weighted by Gasteiger charge is 2.16. The van der Waals surface area contributed by atoms with Crippen LogP contribution in [-0.4, -0.2) is 19.2 Å². The molecule has 2 rings (SSSR count). The lowest BCUT2D eigenvalue weighted by molar-refractivity contribution is -0.678. The Kier molecular flexibility index (Phi) is 5.38. The normalized spacial score (nSPS) is 15.2. The molecule has 3 heteroatoms. The molecular weight excluding hydrogens is 246 g/mol. The average molecular weight is 265 g/mol. The molecular formula is C15H19ClNO+. The molecule has 0 atom stereocenters. The summed E-state index contributed by atoms with van der Waals surface area (Å²) in [6, 6.07) is 8.15. The second kappa shape index (κ2) is 7.31. The van der Waals surface area contributed by atoms with Gasteiger partial charge in [0.25, 0.3) is 0 Å². The number of ether oxygens (including phenoxy) is 1. The second-order valence-electron chi connectivity index (χ2n) is 4.58. The number of quaternary nitrogens is 1. The highest BCUT2D eigenvalue weighted by Crippen LogP contribution is 2.15. The maximum Gasteiger partial charge on any atom is 0.149 e. The van der Waals surface area contributed by atoms with Crippen LogP contribution in [0.3, 0.4) is 0 Å². The molecule has 2 N–H and O–H groups in total. The fourth-order valence-electron chi connectivity index (χ4n) is 2.19. The van der Waals surface area contributed by atoms with E-state index in [4.69, 9.17) is 16.3 Å². The Labute approximate surface area is 114 Å². The Morgan fingerprint density at radius 1 is 1.17 bits per heavy atom. The lowest BCUT2D eigenvalue weighted by Crippen LogP contribution is -2.89. The minimum atomic E-state index is 0.445. The van der Waals surface area contributed by atoms with Crippen molar-refractivity contribution >= 4 is 11.6 Å². The summed E-state index contributed by atoms with van der Waals surface area (Å²) in [6.07, 6.45) is 5.47. The largest absolute Gasteiger partial charge is 0.481 e. The standard InChI is InChI=1S/C15H18ClNO/c16-13-7-9-15(10-8-13)18-12-4-3-11-17-14-5-1-2-6-14/h7-10,14,17H,1-2,5-6,11-12H2/p+1. The van der Waals surface area contributed by atoms with Gasteiger partial charge in [0.1, 0.15) is 18.9 Å². The lowest BCUT2D eigenvalue weighted by Gasteiger charge is -2.04. The summed E-state index contributed by atoms with van der Waals surface area (Å²) in [5.74, 6) is 6.99. The van der Waals surface area contributed by atoms with Gasteiger partial charge >= 0.3 is 0 Å². The first-order valence-corrected chi connectivity index (χ1v) is 6.90. The first kappa shape index (κ1) is 13.3. The van der Waals surface area contributed by atoms with E-state index in [2.05, 4.69) is 17.2 Å². The van der Waals surface area contributed by atoms with Gasteiger partial charge in [-0.1, -0.05) is 17.5 Å². The monoisotopic (exact) mass is 264 g/mol. The molecule has 1 aromatic rings. The summed E-state index contributed by atoms with van der Waals surface area (Å²) in [6.45, 7) is 1.33. The second-order valence-corrected chi connectivity index (χ2v) is 5.02. The molecule has 1 aromatic carbocycles. The molecule has 0 amide bonds. The fraction of sp³-hybridized carbons (Fsp3) is 0.467. The molecule has 0 saturated heterocycles. The third-order valence-electron chi connectivity index (χ3n) is 3.20. The third-order valence-corrected chi connectivity index (χ3v) is 3.45. The van der Waals surface area contributed by atoms with Crippen LogP contribution in [0.15, 0.2) is 24.3 Å². The summed E-state index contributed by atoms with van der Waals surface area (Å²) >= 11 is 5.79. The van der Waals surface area contributed by atoms with Crippen LogP contribution < -0.4 is 10.1 Å². The highest BCUT2D eigenvalue weighted by atomic mass is 35.5. The van der Waals surface area contributed by atoms with Gasteiger partial charge in [-0.2, -0.15) is 0 Å². The van der Waals surface area contributed by atoms with Gasteiger partial charge in [0.2, 0.25) is 0 Å². The maximum atomic E-state index is 5.79. The van der Waals surface area contributed by atoms with E-state index in [9.17, 15) is 0 Å². The molecule has 96 valence electrons. The summed E-state index contributed by atoms with van der Waals surface area (Å²) < 4.78 is 5.49. The van der Waals surface area contributed by atoms with Crippen molar-refractivity contribution in [2.24, 2.45) is 0 Å². The Balaban J connectivity index is 1.61. The van der Waals surface area contributed by atoms with Gasteiger partial charge in [-0.05, 0) is 55.9 Å². The minimum Gasteiger partial charge on any atom is -0.481 e. The number of nitrogens with two attached hydrogens (primary N) is 1. The molecule has 0 spiro atoms. The van der Waals surface area contributed by atoms with Crippen LogP contribution >= 0.6 is 11.6 Å². The van der Waals surface area contributed by atoms with Crippen molar-refractivity contribution in [3.63, 3.8) is 0 Å². The van der Waals surface area contributed by atoms with Crippen LogP contribution in [0, 0.1) is 11.8 Å². The summed E-state index contributed by atoms with van der Waals surface area (Å²) in [5, 5.41) is 3.07. The topological polar surface area (TPSA) is 25.8 Å². The maximum absolute atomic E-state index is 5.79. The van der Waals surface area contributed by atoms with E-state index in [0.717, 1.165) is 23.4 Å². The van der Waals surface area contributed by atoms with Gasteiger partial charge in [-0.15, -0.1) is 0 Å². The molecule has 1 saturated carbocycles. The summed E-state index contributed by atoms with van der Waals surface area (Å²) in [5.41, 5.74) is 0. The Morgan fingerprint density at radius 3 is 2.61 bits per heavy atom. The minimum absolute atomic E-state index is 0.445. The Bertz CT molecular complexity index is 412. The van der Waals surface area contributed by atoms with E-state index < -0.39 is 0 Å². The predicted octanol–water partition coefficient (Wildman–Crippen LogP) is 2.23. The number of halogens is 1. The highest BCUT2D eigenvalue weighted by molar-refractivity contribution is 6.30. The summed E-state index contributed by atoms with van der Waals surface area (Å²) in [4.78, 5) is 0. The summed E-state index contributed by atoms with van der Waals surface area (Å²) in [7, 11) is 0. The van der Waals surface area contributed by atoms with Crippen molar-refractivity contribution in [2.75, 3.05) is 13.2 Å². The molecule has 0 unspecified atom stereocenters. The lowest BCUT2D eigenvalue weighted by atomic mass is 10.2. The van der Waals surface area contributed by atoms with E-state index in [1.165, 1.54) is 25.7 Å². The van der Waals surface area contributed by atoms with Crippen molar-refractivity contribution in [3.05, 3.63) is 29.3 Å². The van der Waals surface area contributed by atoms with Gasteiger partial charge in [0, 0.05) is 5.02 Å². The molecule has 1 fully saturated rings. The van der Waals surface area contributed by atoms with Crippen LogP contribution in [-0.2, 0) is 0 Å². The van der Waals surface area contributed by atoms with Crippen molar-refractivity contribution in [1.82, 2.24) is 0 Å². The van der Waals surface area contributed by atoms with Gasteiger partial charge in [-0.3, -0.25) is 0 Å². The Morgan fingerprint density at radius 2 is 1.89 bits per heavy atom. The average Bonchev–Trinajstić information content (AvgIpc) is 2.89. The SMILES string of the molecule is Clc1ccc(OCC#CC[NH2+]C2CCCC2)cc1. The smallest absolute Gasteiger partial charge is 0.149 e. The van der Waals surface area contributed by atoms with Crippen LogP contribution in [0.2, 0.25) is 5.02 Å². The molecule has 2 nitrogen and oxygen atoms in total. The van der Waals surface area contributed by atoms with E-state index >= 15 is 0 Å². The quantitative estimate of drug-likeness (QED) is 0.830. The van der Waals surface area contributed by atoms with Crippen LogP contribution in [0.1, 0.15) is 25.7 Å². The number of hydrogen-bond acceptors (Lipinski definition) is 1. The fourth-order valence-corrected chi connectivity index (χ4v) is 2.32. The van der Waals surface area contributed by atoms with E-state index in [0.29, 0.717) is 6.61 Å². The molecule has 1 aliphatic carbocycles. The van der Waals surface area contributed by atoms with E-state index in [-0.39, 0.29) is 0 Å². The molecule has 0 aliphatic heterocycles. The third kappa shape index (κ3) is 4.60. The van der Waals surface area contributed by atoms with Crippen molar-refractivity contribution in [3.8, 4) is 17.6 Å². The van der Waals surface area contributed by atoms with Gasteiger partial charge in [0.05, 0.1) is 6.04 Å². The van der Waals surface area contributed by atoms with Gasteiger partial charge in [0.15, 0.2) is 0 Å². The van der Waals surface area contributed by atoms with Crippen molar-refractivity contribution in [2.45, 2.75) is 31.7 Å². The van der Waals surface area contributed by atoms with Crippen LogP contribution in [0.5, 0.6) is 5.75 Å². The molecule has 0 bridgehead atoms. The zero-order chi connectivity index (χ0) is 12.6. The molecule has 18 heavy (non-hydrogen) atoms. The molecule has 1 aliphatic rings. The first-order chi connectivity index (χ1) is 8.84. The number of benzene rings is 1. The van der Waals surface area contributed by atoms with Gasteiger partial charge < -0.3 is 10.1 Å². The van der Waals surface area contributed by atoms with Crippen LogP contribution in [0.4, 0.5) is 0 Å². The molecule has 0 heterocycles. The zero-order valence-electron chi connectivity index (χ0n) is 10.5. The van der Waals surface area contributed by atoms with Crippen LogP contribution in [0.25, 0.3) is 0 Å². The van der Waals surface area contributed by atoms with E-state index in [1.807, 2.05) is 24.3 Å². The van der Waals surface area contributed by atoms with Crippen molar-refractivity contribution in [1.29, 1.82) is 0 Å². The Hall–Kier alpha value is -1.17. The van der Waals surface area contributed by atoms with Gasteiger partial charge in [-0.25, -0.2) is 0 Å². The van der Waals surface area contributed by atoms with Crippen molar-refractivity contribution < 1.29 is 10.1 Å². The number of hydrogen-bond donors (Lipinski definition) is 1. The predicted molar refractivity (Wildman–Crippen MR) is 73.8 cm³/mol. The van der Waals surface area contributed by atoms with E-state index in [1.54, 1.807) is 0 Å². The zero-order valence-corrected chi connectivity index (χ0v) is 11.2.